The second-order valence-corrected chi connectivity index (χ2v) is 3.79. The minimum atomic E-state index is 0.440. The molecule has 1 aromatic carbocycles. The molecule has 0 fully saturated rings. The van der Waals surface area contributed by atoms with Crippen molar-refractivity contribution >= 4 is 21.9 Å². The summed E-state index contributed by atoms with van der Waals surface area (Å²) in [5.74, 6) is 1.22. The van der Waals surface area contributed by atoms with Crippen LogP contribution in [0.2, 0.25) is 0 Å². The van der Waals surface area contributed by atoms with Crippen LogP contribution in [0.25, 0.3) is 5.69 Å². The van der Waals surface area contributed by atoms with E-state index in [0.29, 0.717) is 5.95 Å². The van der Waals surface area contributed by atoms with Gasteiger partial charge in [-0.15, -0.1) is 0 Å². The number of halogens is 1. The Labute approximate surface area is 95.8 Å². The summed E-state index contributed by atoms with van der Waals surface area (Å²) < 4.78 is 7.75. The van der Waals surface area contributed by atoms with Crippen LogP contribution in [0.4, 0.5) is 5.95 Å². The molecule has 0 saturated heterocycles. The lowest BCUT2D eigenvalue weighted by atomic mass is 10.3. The van der Waals surface area contributed by atoms with Gasteiger partial charge >= 0.3 is 0 Å². The second-order valence-electron chi connectivity index (χ2n) is 2.98. The van der Waals surface area contributed by atoms with E-state index in [0.717, 1.165) is 16.0 Å². The van der Waals surface area contributed by atoms with E-state index in [9.17, 15) is 0 Å². The van der Waals surface area contributed by atoms with E-state index in [2.05, 4.69) is 20.9 Å². The normalized spacial score (nSPS) is 10.3. The van der Waals surface area contributed by atoms with Crippen molar-refractivity contribution in [1.29, 1.82) is 0 Å². The molecule has 4 nitrogen and oxygen atoms in total. The van der Waals surface area contributed by atoms with Crippen molar-refractivity contribution in [2.45, 2.75) is 0 Å². The fourth-order valence-corrected chi connectivity index (χ4v) is 1.84. The predicted molar refractivity (Wildman–Crippen MR) is 62.2 cm³/mol. The zero-order valence-corrected chi connectivity index (χ0v) is 9.73. The third kappa shape index (κ3) is 1.83. The van der Waals surface area contributed by atoms with E-state index in [1.807, 2.05) is 24.3 Å². The number of aromatic nitrogens is 2. The van der Waals surface area contributed by atoms with Crippen molar-refractivity contribution in [2.24, 2.45) is 0 Å². The summed E-state index contributed by atoms with van der Waals surface area (Å²) in [4.78, 5) is 4.00. The lowest BCUT2D eigenvalue weighted by Gasteiger charge is -2.07. The minimum Gasteiger partial charge on any atom is -0.497 e. The summed E-state index contributed by atoms with van der Waals surface area (Å²) in [5, 5.41) is 0. The van der Waals surface area contributed by atoms with Gasteiger partial charge in [-0.3, -0.25) is 4.57 Å². The number of imidazole rings is 1. The van der Waals surface area contributed by atoms with Crippen molar-refractivity contribution < 1.29 is 4.74 Å². The molecule has 2 N–H and O–H groups in total. The molecule has 1 heterocycles. The summed E-state index contributed by atoms with van der Waals surface area (Å²) in [5.41, 5.74) is 6.66. The van der Waals surface area contributed by atoms with Gasteiger partial charge in [0.05, 0.1) is 19.0 Å². The van der Waals surface area contributed by atoms with Crippen LogP contribution in [0, 0.1) is 0 Å². The van der Waals surface area contributed by atoms with E-state index in [1.165, 1.54) is 0 Å². The maximum atomic E-state index is 5.75. The predicted octanol–water partition coefficient (Wildman–Crippen LogP) is 2.23. The van der Waals surface area contributed by atoms with Crippen LogP contribution in [0.5, 0.6) is 5.75 Å². The Morgan fingerprint density at radius 3 is 2.87 bits per heavy atom. The van der Waals surface area contributed by atoms with E-state index >= 15 is 0 Å². The molecule has 2 rings (SSSR count). The van der Waals surface area contributed by atoms with Crippen molar-refractivity contribution in [1.82, 2.24) is 9.55 Å². The van der Waals surface area contributed by atoms with E-state index in [-0.39, 0.29) is 0 Å². The van der Waals surface area contributed by atoms with E-state index in [1.54, 1.807) is 17.9 Å². The van der Waals surface area contributed by atoms with Crippen molar-refractivity contribution in [2.75, 3.05) is 12.8 Å². The van der Waals surface area contributed by atoms with Crippen LogP contribution in [0.1, 0.15) is 0 Å². The molecule has 15 heavy (non-hydrogen) atoms. The van der Waals surface area contributed by atoms with Crippen molar-refractivity contribution in [3.05, 3.63) is 35.1 Å². The maximum Gasteiger partial charge on any atom is 0.205 e. The lowest BCUT2D eigenvalue weighted by molar-refractivity contribution is 0.414. The first-order valence-electron chi connectivity index (χ1n) is 4.35. The molecular weight excluding hydrogens is 258 g/mol. The highest BCUT2D eigenvalue weighted by Gasteiger charge is 2.07. The Bertz CT molecular complexity index is 462. The number of benzene rings is 1. The Kier molecular flexibility index (Phi) is 2.64. The Morgan fingerprint density at radius 2 is 2.27 bits per heavy atom. The largest absolute Gasteiger partial charge is 0.497 e. The Balaban J connectivity index is 2.53. The summed E-state index contributed by atoms with van der Waals surface area (Å²) in [6.45, 7) is 0. The molecule has 1 aromatic heterocycles. The molecule has 0 aliphatic rings. The van der Waals surface area contributed by atoms with Gasteiger partial charge in [0.15, 0.2) is 0 Å². The number of anilines is 1. The number of nitrogen functional groups attached to an aromatic ring is 1. The van der Waals surface area contributed by atoms with Crippen LogP contribution < -0.4 is 10.5 Å². The Morgan fingerprint density at radius 1 is 1.47 bits per heavy atom. The molecule has 0 saturated carbocycles. The molecule has 0 bridgehead atoms. The smallest absolute Gasteiger partial charge is 0.205 e. The van der Waals surface area contributed by atoms with Gasteiger partial charge in [-0.25, -0.2) is 4.98 Å². The molecule has 0 aliphatic heterocycles. The fourth-order valence-electron chi connectivity index (χ4n) is 1.35. The molecule has 5 heteroatoms. The fraction of sp³-hybridized carbons (Fsp3) is 0.100. The van der Waals surface area contributed by atoms with E-state index < -0.39 is 0 Å². The molecule has 0 radical (unpaired) electrons. The summed E-state index contributed by atoms with van der Waals surface area (Å²) >= 11 is 3.38. The van der Waals surface area contributed by atoms with Crippen LogP contribution in [-0.4, -0.2) is 16.7 Å². The van der Waals surface area contributed by atoms with E-state index in [4.69, 9.17) is 10.5 Å². The number of nitrogens with zero attached hydrogens (tertiary/aromatic N) is 2. The first-order chi connectivity index (χ1) is 7.22. The summed E-state index contributed by atoms with van der Waals surface area (Å²) in [6, 6.07) is 7.61. The molecule has 0 amide bonds. The molecule has 0 atom stereocenters. The minimum absolute atomic E-state index is 0.440. The average molecular weight is 268 g/mol. The third-order valence-electron chi connectivity index (χ3n) is 2.06. The first kappa shape index (κ1) is 10.0. The third-order valence-corrected chi connectivity index (χ3v) is 2.62. The number of nitrogens with two attached hydrogens (primary N) is 1. The number of rotatable bonds is 2. The number of hydrogen-bond acceptors (Lipinski definition) is 3. The van der Waals surface area contributed by atoms with Crippen LogP contribution >= 0.6 is 15.9 Å². The molecule has 2 aromatic rings. The van der Waals surface area contributed by atoms with Gasteiger partial charge < -0.3 is 10.5 Å². The molecule has 0 aliphatic carbocycles. The monoisotopic (exact) mass is 267 g/mol. The quantitative estimate of drug-likeness (QED) is 0.908. The summed E-state index contributed by atoms with van der Waals surface area (Å²) in [7, 11) is 1.63. The van der Waals surface area contributed by atoms with Gasteiger partial charge in [-0.1, -0.05) is 6.07 Å². The van der Waals surface area contributed by atoms with Gasteiger partial charge in [-0.2, -0.15) is 0 Å². The number of hydrogen-bond donors (Lipinski definition) is 1. The highest BCUT2D eigenvalue weighted by Crippen LogP contribution is 2.23. The van der Waals surface area contributed by atoms with Gasteiger partial charge in [-0.05, 0) is 28.1 Å². The SMILES string of the molecule is COc1cccc(-n2c(Br)cnc2N)c1. The topological polar surface area (TPSA) is 53.1 Å². The first-order valence-corrected chi connectivity index (χ1v) is 5.15. The molecular formula is C10H10BrN3O. The molecule has 78 valence electrons. The second kappa shape index (κ2) is 3.94. The lowest BCUT2D eigenvalue weighted by Crippen LogP contribution is -2.01. The number of ether oxygens (including phenoxy) is 1. The highest BCUT2D eigenvalue weighted by molar-refractivity contribution is 9.10. The zero-order valence-electron chi connectivity index (χ0n) is 8.14. The van der Waals surface area contributed by atoms with Crippen LogP contribution in [-0.2, 0) is 0 Å². The van der Waals surface area contributed by atoms with Gasteiger partial charge in [0, 0.05) is 6.07 Å². The van der Waals surface area contributed by atoms with Crippen LogP contribution in [0.3, 0.4) is 0 Å². The van der Waals surface area contributed by atoms with Crippen molar-refractivity contribution in [3.8, 4) is 11.4 Å². The molecule has 0 unspecified atom stereocenters. The summed E-state index contributed by atoms with van der Waals surface area (Å²) in [6.07, 6.45) is 1.66. The highest BCUT2D eigenvalue weighted by atomic mass is 79.9. The Hall–Kier alpha value is -1.49. The van der Waals surface area contributed by atoms with Crippen LogP contribution in [0.15, 0.2) is 35.1 Å². The standard InChI is InChI=1S/C10H10BrN3O/c1-15-8-4-2-3-7(5-8)14-9(11)6-13-10(14)12/h2-6H,1H3,(H2,12,13). The van der Waals surface area contributed by atoms with Gasteiger partial charge in [0.1, 0.15) is 10.4 Å². The number of methoxy groups -OCH3 is 1. The van der Waals surface area contributed by atoms with Crippen molar-refractivity contribution in [3.63, 3.8) is 0 Å². The maximum absolute atomic E-state index is 5.75. The molecule has 0 spiro atoms. The van der Waals surface area contributed by atoms with Gasteiger partial charge in [0.25, 0.3) is 0 Å². The zero-order chi connectivity index (χ0) is 10.8. The van der Waals surface area contributed by atoms with Gasteiger partial charge in [0.2, 0.25) is 5.95 Å². The average Bonchev–Trinajstić information content (AvgIpc) is 2.59.